The van der Waals surface area contributed by atoms with Crippen molar-refractivity contribution < 1.29 is 17.6 Å². The molecule has 9 heteroatoms. The summed E-state index contributed by atoms with van der Waals surface area (Å²) in [5, 5.41) is 0. The summed E-state index contributed by atoms with van der Waals surface area (Å²) < 4.78 is 34.4. The van der Waals surface area contributed by atoms with Crippen molar-refractivity contribution in [3.05, 3.63) is 94.5 Å². The Bertz CT molecular complexity index is 1470. The number of fused-ring (bicyclic) bond motifs is 1. The minimum Gasteiger partial charge on any atom is -0.408 e. The molecule has 0 saturated heterocycles. The normalized spacial score (nSPS) is 11.6. The van der Waals surface area contributed by atoms with E-state index in [9.17, 15) is 18.0 Å². The summed E-state index contributed by atoms with van der Waals surface area (Å²) in [4.78, 5) is 26.6. The van der Waals surface area contributed by atoms with E-state index in [4.69, 9.17) is 4.42 Å². The van der Waals surface area contributed by atoms with Crippen molar-refractivity contribution in [3.8, 4) is 0 Å². The molecule has 0 fully saturated rings. The Labute approximate surface area is 191 Å². The van der Waals surface area contributed by atoms with E-state index >= 15 is 0 Å². The van der Waals surface area contributed by atoms with E-state index in [1.54, 1.807) is 13.1 Å². The molecule has 4 aromatic rings. The third-order valence-electron chi connectivity index (χ3n) is 5.32. The zero-order valence-electron chi connectivity index (χ0n) is 18.2. The monoisotopic (exact) mass is 465 g/mol. The van der Waals surface area contributed by atoms with Gasteiger partial charge in [0.15, 0.2) is 5.58 Å². The Kier molecular flexibility index (Phi) is 6.17. The lowest BCUT2D eigenvalue weighted by Gasteiger charge is -2.18. The first-order valence-corrected chi connectivity index (χ1v) is 11.7. The van der Waals surface area contributed by atoms with Crippen LogP contribution in [0.4, 0.5) is 5.69 Å². The number of oxazole rings is 1. The van der Waals surface area contributed by atoms with E-state index in [0.717, 1.165) is 11.1 Å². The predicted octanol–water partition coefficient (Wildman–Crippen LogP) is 3.04. The number of hydrogen-bond acceptors (Lipinski definition) is 5. The number of nitrogens with one attached hydrogen (secondary N) is 1. The smallest absolute Gasteiger partial charge is 0.408 e. The lowest BCUT2D eigenvalue weighted by Crippen LogP contribution is -2.32. The lowest BCUT2D eigenvalue weighted by atomic mass is 10.2. The van der Waals surface area contributed by atoms with Crippen molar-refractivity contribution in [2.24, 2.45) is 0 Å². The Hall–Kier alpha value is -3.69. The van der Waals surface area contributed by atoms with Gasteiger partial charge in [0, 0.05) is 25.3 Å². The third-order valence-corrected chi connectivity index (χ3v) is 6.71. The van der Waals surface area contributed by atoms with Gasteiger partial charge in [-0.2, -0.15) is 0 Å². The fourth-order valence-corrected chi connectivity index (χ4v) is 4.48. The van der Waals surface area contributed by atoms with Crippen LogP contribution in [0.2, 0.25) is 0 Å². The van der Waals surface area contributed by atoms with E-state index in [2.05, 4.69) is 4.72 Å². The minimum absolute atomic E-state index is 0.0324. The first kappa shape index (κ1) is 22.5. The van der Waals surface area contributed by atoms with E-state index in [1.165, 1.54) is 27.7 Å². The second-order valence-electron chi connectivity index (χ2n) is 7.69. The van der Waals surface area contributed by atoms with Crippen LogP contribution in [0, 0.1) is 6.92 Å². The number of amides is 1. The maximum absolute atomic E-state index is 12.8. The molecule has 0 aliphatic heterocycles. The second-order valence-corrected chi connectivity index (χ2v) is 9.45. The Morgan fingerprint density at radius 2 is 1.79 bits per heavy atom. The number of benzene rings is 3. The molecule has 4 rings (SSSR count). The quantitative estimate of drug-likeness (QED) is 0.452. The number of aromatic nitrogens is 1. The van der Waals surface area contributed by atoms with Crippen LogP contribution >= 0.6 is 0 Å². The SMILES string of the molecule is Cc1cccc(N(C)C(=O)Cn2c(=O)oc3cc(S(=O)(=O)NCc4ccccc4)ccc32)c1. The Morgan fingerprint density at radius 3 is 2.52 bits per heavy atom. The van der Waals surface area contributed by atoms with Gasteiger partial charge in [-0.3, -0.25) is 9.36 Å². The van der Waals surface area contributed by atoms with Gasteiger partial charge in [0.2, 0.25) is 15.9 Å². The Balaban J connectivity index is 1.56. The summed E-state index contributed by atoms with van der Waals surface area (Å²) in [6, 6.07) is 20.7. The van der Waals surface area contributed by atoms with Gasteiger partial charge < -0.3 is 9.32 Å². The van der Waals surface area contributed by atoms with Crippen molar-refractivity contribution in [3.63, 3.8) is 0 Å². The summed E-state index contributed by atoms with van der Waals surface area (Å²) in [5.74, 6) is -1.05. The number of nitrogens with zero attached hydrogens (tertiary/aromatic N) is 2. The number of carbonyl (C=O) groups is 1. The second kappa shape index (κ2) is 9.05. The van der Waals surface area contributed by atoms with E-state index < -0.39 is 15.8 Å². The minimum atomic E-state index is -3.83. The number of carbonyl (C=O) groups excluding carboxylic acids is 1. The summed E-state index contributed by atoms with van der Waals surface area (Å²) in [5.41, 5.74) is 2.96. The van der Waals surface area contributed by atoms with Gasteiger partial charge in [-0.15, -0.1) is 0 Å². The molecule has 3 aromatic carbocycles. The molecule has 1 amide bonds. The van der Waals surface area contributed by atoms with Gasteiger partial charge in [-0.1, -0.05) is 42.5 Å². The average molecular weight is 466 g/mol. The summed E-state index contributed by atoms with van der Waals surface area (Å²) in [6.07, 6.45) is 0. The van der Waals surface area contributed by atoms with Crippen LogP contribution in [-0.4, -0.2) is 25.9 Å². The molecule has 0 aliphatic rings. The molecule has 1 heterocycles. The molecule has 1 N–H and O–H groups in total. The zero-order valence-corrected chi connectivity index (χ0v) is 19.0. The van der Waals surface area contributed by atoms with Gasteiger partial charge in [0.25, 0.3) is 0 Å². The third kappa shape index (κ3) is 4.89. The van der Waals surface area contributed by atoms with Crippen molar-refractivity contribution >= 4 is 32.7 Å². The fourth-order valence-electron chi connectivity index (χ4n) is 3.44. The van der Waals surface area contributed by atoms with E-state index in [-0.39, 0.29) is 29.5 Å². The highest BCUT2D eigenvalue weighted by Gasteiger charge is 2.20. The highest BCUT2D eigenvalue weighted by Crippen LogP contribution is 2.20. The highest BCUT2D eigenvalue weighted by molar-refractivity contribution is 7.89. The van der Waals surface area contributed by atoms with E-state index in [0.29, 0.717) is 11.2 Å². The number of hydrogen-bond donors (Lipinski definition) is 1. The number of anilines is 1. The number of aryl methyl sites for hydroxylation is 1. The summed E-state index contributed by atoms with van der Waals surface area (Å²) in [6.45, 7) is 1.82. The first-order chi connectivity index (χ1) is 15.7. The van der Waals surface area contributed by atoms with Crippen LogP contribution in [0.15, 0.2) is 86.9 Å². The maximum Gasteiger partial charge on any atom is 0.420 e. The number of likely N-dealkylation sites (N-methyl/N-ethyl adjacent to an activating group) is 1. The average Bonchev–Trinajstić information content (AvgIpc) is 3.12. The molecular formula is C24H23N3O5S. The summed E-state index contributed by atoms with van der Waals surface area (Å²) >= 11 is 0. The molecule has 0 aliphatic carbocycles. The zero-order chi connectivity index (χ0) is 23.6. The van der Waals surface area contributed by atoms with Crippen LogP contribution in [0.1, 0.15) is 11.1 Å². The molecule has 0 unspecified atom stereocenters. The van der Waals surface area contributed by atoms with Gasteiger partial charge in [-0.05, 0) is 42.3 Å². The Morgan fingerprint density at radius 1 is 1.03 bits per heavy atom. The fraction of sp³-hybridized carbons (Fsp3) is 0.167. The highest BCUT2D eigenvalue weighted by atomic mass is 32.2. The molecular weight excluding hydrogens is 442 g/mol. The standard InChI is InChI=1S/C24H23N3O5S/c1-17-7-6-10-19(13-17)26(2)23(28)16-27-21-12-11-20(14-22(21)32-24(27)29)33(30,31)25-15-18-8-4-3-5-9-18/h3-14,25H,15-16H2,1-2H3. The van der Waals surface area contributed by atoms with Gasteiger partial charge in [0.05, 0.1) is 10.4 Å². The van der Waals surface area contributed by atoms with Gasteiger partial charge in [0.1, 0.15) is 6.54 Å². The van der Waals surface area contributed by atoms with Gasteiger partial charge in [-0.25, -0.2) is 17.9 Å². The molecule has 170 valence electrons. The largest absolute Gasteiger partial charge is 0.420 e. The van der Waals surface area contributed by atoms with E-state index in [1.807, 2.05) is 55.5 Å². The molecule has 0 spiro atoms. The molecule has 1 aromatic heterocycles. The molecule has 0 atom stereocenters. The van der Waals surface area contributed by atoms with Crippen molar-refractivity contribution in [1.29, 1.82) is 0 Å². The number of rotatable bonds is 7. The molecule has 0 radical (unpaired) electrons. The lowest BCUT2D eigenvalue weighted by molar-refractivity contribution is -0.118. The topological polar surface area (TPSA) is 102 Å². The van der Waals surface area contributed by atoms with Crippen molar-refractivity contribution in [2.45, 2.75) is 24.9 Å². The van der Waals surface area contributed by atoms with Crippen molar-refractivity contribution in [1.82, 2.24) is 9.29 Å². The van der Waals surface area contributed by atoms with Crippen molar-refractivity contribution in [2.75, 3.05) is 11.9 Å². The number of sulfonamides is 1. The van der Waals surface area contributed by atoms with Crippen LogP contribution < -0.4 is 15.4 Å². The molecule has 33 heavy (non-hydrogen) atoms. The first-order valence-electron chi connectivity index (χ1n) is 10.2. The molecule has 8 nitrogen and oxygen atoms in total. The van der Waals surface area contributed by atoms with Crippen LogP contribution in [0.25, 0.3) is 11.1 Å². The summed E-state index contributed by atoms with van der Waals surface area (Å²) in [7, 11) is -2.19. The maximum atomic E-state index is 12.8. The van der Waals surface area contributed by atoms with Crippen LogP contribution in [-0.2, 0) is 27.9 Å². The predicted molar refractivity (Wildman–Crippen MR) is 126 cm³/mol. The molecule has 0 bridgehead atoms. The van der Waals surface area contributed by atoms with Gasteiger partial charge >= 0.3 is 5.76 Å². The molecule has 0 saturated carbocycles. The van der Waals surface area contributed by atoms with Crippen LogP contribution in [0.3, 0.4) is 0 Å². The van der Waals surface area contributed by atoms with Crippen LogP contribution in [0.5, 0.6) is 0 Å².